The summed E-state index contributed by atoms with van der Waals surface area (Å²) in [7, 11) is 3.28. The first-order chi connectivity index (χ1) is 21.6. The van der Waals surface area contributed by atoms with Crippen molar-refractivity contribution < 1.29 is 14.3 Å². The lowest BCUT2D eigenvalue weighted by molar-refractivity contribution is 0.0929. The number of ether oxygens (including phenoxy) is 2. The zero-order valence-corrected chi connectivity index (χ0v) is 24.8. The lowest BCUT2D eigenvalue weighted by Gasteiger charge is -2.22. The first kappa shape index (κ1) is 28.8. The van der Waals surface area contributed by atoms with Gasteiger partial charge in [-0.3, -0.25) is 9.78 Å². The average Bonchev–Trinajstić information content (AvgIpc) is 3.68. The van der Waals surface area contributed by atoms with Crippen LogP contribution in [-0.4, -0.2) is 44.9 Å². The fourth-order valence-corrected chi connectivity index (χ4v) is 5.64. The Morgan fingerprint density at radius 3 is 2.59 bits per heavy atom. The lowest BCUT2D eigenvalue weighted by atomic mass is 9.99. The van der Waals surface area contributed by atoms with Gasteiger partial charge in [-0.15, -0.1) is 10.2 Å². The molecule has 9 heteroatoms. The standard InChI is InChI=1S/C35H34N6O3/c1-43-28-16-15-27(32(21-28)44-2)23-41-33(17-12-24-8-4-3-5-9-24)39-40-34(41)30(38-35(42)31-22-36-18-19-37-31)20-26-14-13-25-10-6-7-11-29(25)26/h3-11,14-16,18-19,21-22,30H,12-13,17,20,23H2,1-2H3,(H,38,42)/t30-/m1/s1. The Morgan fingerprint density at radius 2 is 1.80 bits per heavy atom. The molecule has 1 aliphatic carbocycles. The van der Waals surface area contributed by atoms with E-state index >= 15 is 0 Å². The molecule has 2 heterocycles. The third-order valence-corrected chi connectivity index (χ3v) is 7.93. The molecule has 222 valence electrons. The second kappa shape index (κ2) is 13.3. The van der Waals surface area contributed by atoms with Crippen LogP contribution in [0.25, 0.3) is 5.57 Å². The van der Waals surface area contributed by atoms with Crippen LogP contribution in [0.15, 0.2) is 97.5 Å². The Balaban J connectivity index is 1.39. The summed E-state index contributed by atoms with van der Waals surface area (Å²) >= 11 is 0. The predicted octanol–water partition coefficient (Wildman–Crippen LogP) is 5.42. The van der Waals surface area contributed by atoms with Crippen LogP contribution in [0.1, 0.15) is 56.9 Å². The molecule has 44 heavy (non-hydrogen) atoms. The number of carbonyl (C=O) groups excluding carboxylic acids is 1. The van der Waals surface area contributed by atoms with Crippen molar-refractivity contribution in [3.63, 3.8) is 0 Å². The fourth-order valence-electron chi connectivity index (χ4n) is 5.64. The minimum Gasteiger partial charge on any atom is -0.497 e. The van der Waals surface area contributed by atoms with Crippen LogP contribution in [-0.2, 0) is 25.8 Å². The van der Waals surface area contributed by atoms with Crippen LogP contribution in [0.2, 0.25) is 0 Å². The van der Waals surface area contributed by atoms with Gasteiger partial charge in [0.2, 0.25) is 0 Å². The molecule has 0 radical (unpaired) electrons. The molecule has 1 aliphatic rings. The SMILES string of the molecule is COc1ccc(Cn2c(CCc3ccccc3)nnc2[C@@H](CC2=CCc3ccccc32)NC(=O)c2cnccn2)c(OC)c1. The highest BCUT2D eigenvalue weighted by Gasteiger charge is 2.28. The van der Waals surface area contributed by atoms with E-state index in [-0.39, 0.29) is 11.6 Å². The van der Waals surface area contributed by atoms with Crippen molar-refractivity contribution in [1.82, 2.24) is 30.0 Å². The second-order valence-electron chi connectivity index (χ2n) is 10.6. The van der Waals surface area contributed by atoms with Crippen molar-refractivity contribution in [2.75, 3.05) is 14.2 Å². The molecule has 0 bridgehead atoms. The normalized spacial score (nSPS) is 12.7. The van der Waals surface area contributed by atoms with Gasteiger partial charge >= 0.3 is 0 Å². The number of aromatic nitrogens is 5. The fraction of sp³-hybridized carbons (Fsp3) is 0.229. The van der Waals surface area contributed by atoms with E-state index in [1.807, 2.05) is 42.5 Å². The quantitative estimate of drug-likeness (QED) is 0.208. The number of rotatable bonds is 12. The summed E-state index contributed by atoms with van der Waals surface area (Å²) in [4.78, 5) is 21.8. The second-order valence-corrected chi connectivity index (χ2v) is 10.6. The lowest BCUT2D eigenvalue weighted by Crippen LogP contribution is -2.32. The monoisotopic (exact) mass is 586 g/mol. The Bertz CT molecular complexity index is 1770. The van der Waals surface area contributed by atoms with Crippen LogP contribution >= 0.6 is 0 Å². The number of aryl methyl sites for hydroxylation is 2. The summed E-state index contributed by atoms with van der Waals surface area (Å²) < 4.78 is 13.3. The Morgan fingerprint density at radius 1 is 0.955 bits per heavy atom. The van der Waals surface area contributed by atoms with E-state index in [0.717, 1.165) is 29.8 Å². The number of hydrogen-bond acceptors (Lipinski definition) is 7. The van der Waals surface area contributed by atoms with Crippen molar-refractivity contribution in [3.05, 3.63) is 137 Å². The zero-order chi connectivity index (χ0) is 30.3. The Hall–Kier alpha value is -5.31. The number of hydrogen-bond donors (Lipinski definition) is 1. The molecule has 9 nitrogen and oxygen atoms in total. The average molecular weight is 587 g/mol. The van der Waals surface area contributed by atoms with E-state index in [4.69, 9.17) is 14.6 Å². The van der Waals surface area contributed by atoms with E-state index in [9.17, 15) is 4.79 Å². The molecular formula is C35H34N6O3. The Labute approximate surface area is 256 Å². The summed E-state index contributed by atoms with van der Waals surface area (Å²) in [5.41, 5.74) is 6.02. The highest BCUT2D eigenvalue weighted by atomic mass is 16.5. The summed E-state index contributed by atoms with van der Waals surface area (Å²) in [6.07, 6.45) is 9.63. The maximum absolute atomic E-state index is 13.5. The third kappa shape index (κ3) is 6.36. The number of benzene rings is 3. The van der Waals surface area contributed by atoms with Crippen molar-refractivity contribution >= 4 is 11.5 Å². The van der Waals surface area contributed by atoms with E-state index in [0.29, 0.717) is 36.7 Å². The molecule has 0 aliphatic heterocycles. The van der Waals surface area contributed by atoms with Gasteiger partial charge in [0.05, 0.1) is 33.0 Å². The van der Waals surface area contributed by atoms with Crippen molar-refractivity contribution in [2.45, 2.75) is 38.3 Å². The third-order valence-electron chi connectivity index (χ3n) is 7.93. The van der Waals surface area contributed by atoms with Crippen molar-refractivity contribution in [3.8, 4) is 11.5 Å². The van der Waals surface area contributed by atoms with Crippen molar-refractivity contribution in [2.24, 2.45) is 0 Å². The maximum atomic E-state index is 13.5. The van der Waals surface area contributed by atoms with Gasteiger partial charge in [0.15, 0.2) is 5.82 Å². The molecule has 6 rings (SSSR count). The van der Waals surface area contributed by atoms with Crippen LogP contribution in [0, 0.1) is 0 Å². The van der Waals surface area contributed by atoms with Gasteiger partial charge in [-0.1, -0.05) is 60.7 Å². The number of nitrogens with zero attached hydrogens (tertiary/aromatic N) is 5. The van der Waals surface area contributed by atoms with Gasteiger partial charge in [0, 0.05) is 36.9 Å². The number of carbonyl (C=O) groups is 1. The minimum absolute atomic E-state index is 0.241. The molecule has 1 amide bonds. The van der Waals surface area contributed by atoms with E-state index in [1.165, 1.54) is 29.1 Å². The molecule has 0 saturated carbocycles. The largest absolute Gasteiger partial charge is 0.497 e. The van der Waals surface area contributed by atoms with Crippen LogP contribution < -0.4 is 14.8 Å². The maximum Gasteiger partial charge on any atom is 0.272 e. The van der Waals surface area contributed by atoms with Gasteiger partial charge in [-0.2, -0.15) is 0 Å². The highest BCUT2D eigenvalue weighted by Crippen LogP contribution is 2.35. The number of allylic oxidation sites excluding steroid dienone is 1. The van der Waals surface area contributed by atoms with Crippen LogP contribution in [0.3, 0.4) is 0 Å². The Kier molecular flexibility index (Phi) is 8.72. The molecule has 5 aromatic rings. The predicted molar refractivity (Wildman–Crippen MR) is 167 cm³/mol. The molecule has 0 unspecified atom stereocenters. The number of fused-ring (bicyclic) bond motifs is 1. The zero-order valence-electron chi connectivity index (χ0n) is 24.8. The minimum atomic E-state index is -0.482. The van der Waals surface area contributed by atoms with Crippen molar-refractivity contribution in [1.29, 1.82) is 0 Å². The first-order valence-corrected chi connectivity index (χ1v) is 14.6. The van der Waals surface area contributed by atoms with Crippen LogP contribution in [0.4, 0.5) is 0 Å². The van der Waals surface area contributed by atoms with Gasteiger partial charge in [-0.25, -0.2) is 4.98 Å². The summed E-state index contributed by atoms with van der Waals surface area (Å²) in [6.45, 7) is 0.451. The van der Waals surface area contributed by atoms with Gasteiger partial charge in [0.25, 0.3) is 5.91 Å². The topological polar surface area (TPSA) is 104 Å². The van der Waals surface area contributed by atoms with E-state index < -0.39 is 6.04 Å². The molecule has 0 fully saturated rings. The molecule has 0 saturated heterocycles. The van der Waals surface area contributed by atoms with Crippen LogP contribution in [0.5, 0.6) is 11.5 Å². The smallest absolute Gasteiger partial charge is 0.272 e. The molecule has 1 atom stereocenters. The summed E-state index contributed by atoms with van der Waals surface area (Å²) in [5.74, 6) is 2.57. The molecule has 1 N–H and O–H groups in total. The first-order valence-electron chi connectivity index (χ1n) is 14.6. The number of nitrogens with one attached hydrogen (secondary N) is 1. The molecular weight excluding hydrogens is 552 g/mol. The highest BCUT2D eigenvalue weighted by molar-refractivity contribution is 5.92. The molecule has 0 spiro atoms. The summed E-state index contributed by atoms with van der Waals surface area (Å²) in [6, 6.07) is 24.0. The molecule has 3 aromatic carbocycles. The van der Waals surface area contributed by atoms with Gasteiger partial charge in [-0.05, 0) is 47.2 Å². The van der Waals surface area contributed by atoms with E-state index in [1.54, 1.807) is 20.4 Å². The van der Waals surface area contributed by atoms with Gasteiger partial charge in [0.1, 0.15) is 23.0 Å². The number of amides is 1. The van der Waals surface area contributed by atoms with Gasteiger partial charge < -0.3 is 19.4 Å². The summed E-state index contributed by atoms with van der Waals surface area (Å²) in [5, 5.41) is 12.6. The number of methoxy groups -OCH3 is 2. The molecule has 2 aromatic heterocycles. The van der Waals surface area contributed by atoms with E-state index in [2.05, 4.69) is 61.4 Å².